The molecule has 2 unspecified atom stereocenters. The predicted molar refractivity (Wildman–Crippen MR) is 56.0 cm³/mol. The van der Waals surface area contributed by atoms with E-state index in [-0.39, 0.29) is 19.6 Å². The molecule has 1 rings (SSSR count). The van der Waals surface area contributed by atoms with Crippen LogP contribution in [0.3, 0.4) is 0 Å². The topological polar surface area (TPSA) is 89.9 Å². The number of hydrogen-bond donors (Lipinski definition) is 1. The van der Waals surface area contributed by atoms with Gasteiger partial charge in [-0.2, -0.15) is 0 Å². The Kier molecular flexibility index (Phi) is 3.88. The lowest BCUT2D eigenvalue weighted by atomic mass is 10.1. The Morgan fingerprint density at radius 1 is 1.47 bits per heavy atom. The van der Waals surface area contributed by atoms with E-state index in [4.69, 9.17) is 14.6 Å². The standard InChI is InChI=1S/C11H14O6/c1-3-4-16-10(15)11(9(13)14)5-8(11)6-17-7(2)12/h3,8H,1,4-6H2,2H3,(H,13,14). The first-order chi connectivity index (χ1) is 7.95. The molecular formula is C11H14O6. The quantitative estimate of drug-likeness (QED) is 0.411. The van der Waals surface area contributed by atoms with Crippen LogP contribution >= 0.6 is 0 Å². The molecule has 2 atom stereocenters. The van der Waals surface area contributed by atoms with Crippen LogP contribution in [0.25, 0.3) is 0 Å². The van der Waals surface area contributed by atoms with Crippen molar-refractivity contribution < 1.29 is 29.0 Å². The van der Waals surface area contributed by atoms with Gasteiger partial charge in [-0.1, -0.05) is 12.7 Å². The molecule has 0 aromatic rings. The van der Waals surface area contributed by atoms with E-state index in [2.05, 4.69) is 6.58 Å². The second-order valence-electron chi connectivity index (χ2n) is 3.87. The number of carboxylic acids is 1. The Labute approximate surface area is 98.2 Å². The third-order valence-corrected chi connectivity index (χ3v) is 2.67. The van der Waals surface area contributed by atoms with E-state index in [0.29, 0.717) is 0 Å². The Morgan fingerprint density at radius 2 is 2.12 bits per heavy atom. The molecule has 0 radical (unpaired) electrons. The summed E-state index contributed by atoms with van der Waals surface area (Å²) in [5.41, 5.74) is -1.56. The van der Waals surface area contributed by atoms with Crippen LogP contribution in [0, 0.1) is 11.3 Å². The summed E-state index contributed by atoms with van der Waals surface area (Å²) in [7, 11) is 0. The molecule has 0 saturated heterocycles. The lowest BCUT2D eigenvalue weighted by Gasteiger charge is -2.11. The largest absolute Gasteiger partial charge is 0.480 e. The second kappa shape index (κ2) is 4.99. The van der Waals surface area contributed by atoms with Crippen LogP contribution in [0.2, 0.25) is 0 Å². The molecule has 0 heterocycles. The van der Waals surface area contributed by atoms with Crippen LogP contribution in [0.4, 0.5) is 0 Å². The first kappa shape index (κ1) is 13.2. The van der Waals surface area contributed by atoms with Crippen LogP contribution in [-0.4, -0.2) is 36.2 Å². The van der Waals surface area contributed by atoms with Crippen molar-refractivity contribution in [3.8, 4) is 0 Å². The van der Waals surface area contributed by atoms with Gasteiger partial charge >= 0.3 is 17.9 Å². The molecule has 0 amide bonds. The molecule has 6 heteroatoms. The molecule has 17 heavy (non-hydrogen) atoms. The fourth-order valence-electron chi connectivity index (χ4n) is 1.61. The molecule has 0 aliphatic heterocycles. The van der Waals surface area contributed by atoms with E-state index >= 15 is 0 Å². The lowest BCUT2D eigenvalue weighted by Crippen LogP contribution is -2.31. The van der Waals surface area contributed by atoms with E-state index < -0.39 is 29.2 Å². The summed E-state index contributed by atoms with van der Waals surface area (Å²) in [6.45, 7) is 4.48. The Hall–Kier alpha value is -1.85. The van der Waals surface area contributed by atoms with Crippen molar-refractivity contribution in [3.05, 3.63) is 12.7 Å². The molecule has 6 nitrogen and oxygen atoms in total. The first-order valence-corrected chi connectivity index (χ1v) is 5.10. The van der Waals surface area contributed by atoms with Crippen LogP contribution in [0.15, 0.2) is 12.7 Å². The Morgan fingerprint density at radius 3 is 2.59 bits per heavy atom. The van der Waals surface area contributed by atoms with Crippen molar-refractivity contribution in [2.75, 3.05) is 13.2 Å². The zero-order valence-corrected chi connectivity index (χ0v) is 9.47. The minimum absolute atomic E-state index is 0.0336. The van der Waals surface area contributed by atoms with Gasteiger partial charge in [0, 0.05) is 12.8 Å². The Bertz CT molecular complexity index is 361. The Balaban J connectivity index is 2.62. The number of hydrogen-bond acceptors (Lipinski definition) is 5. The number of aliphatic carboxylic acids is 1. The summed E-state index contributed by atoms with van der Waals surface area (Å²) in [5.74, 6) is -3.07. The molecule has 0 spiro atoms. The van der Waals surface area contributed by atoms with Gasteiger partial charge in [0.1, 0.15) is 6.61 Å². The van der Waals surface area contributed by atoms with E-state index in [9.17, 15) is 14.4 Å². The molecule has 1 aliphatic rings. The number of rotatable bonds is 6. The van der Waals surface area contributed by atoms with Gasteiger partial charge in [-0.15, -0.1) is 0 Å². The lowest BCUT2D eigenvalue weighted by molar-refractivity contribution is -0.162. The number of carbonyl (C=O) groups excluding carboxylic acids is 2. The molecule has 0 aromatic heterocycles. The normalized spacial score (nSPS) is 25.8. The highest BCUT2D eigenvalue weighted by Crippen LogP contribution is 2.53. The molecule has 94 valence electrons. The average Bonchev–Trinajstić information content (AvgIpc) is 2.98. The van der Waals surface area contributed by atoms with Crippen LogP contribution in [0.1, 0.15) is 13.3 Å². The number of carboxylic acid groups (broad SMARTS) is 1. The number of esters is 2. The van der Waals surface area contributed by atoms with Crippen molar-refractivity contribution in [2.45, 2.75) is 13.3 Å². The van der Waals surface area contributed by atoms with Crippen molar-refractivity contribution in [1.82, 2.24) is 0 Å². The van der Waals surface area contributed by atoms with Crippen LogP contribution < -0.4 is 0 Å². The molecule has 0 aromatic carbocycles. The van der Waals surface area contributed by atoms with Gasteiger partial charge in [0.25, 0.3) is 0 Å². The van der Waals surface area contributed by atoms with Gasteiger partial charge in [0.15, 0.2) is 5.41 Å². The van der Waals surface area contributed by atoms with Gasteiger partial charge in [0.2, 0.25) is 0 Å². The van der Waals surface area contributed by atoms with Crippen LogP contribution in [0.5, 0.6) is 0 Å². The van der Waals surface area contributed by atoms with Gasteiger partial charge in [-0.3, -0.25) is 14.4 Å². The van der Waals surface area contributed by atoms with Crippen molar-refractivity contribution in [2.24, 2.45) is 11.3 Å². The summed E-state index contributed by atoms with van der Waals surface area (Å²) >= 11 is 0. The third-order valence-electron chi connectivity index (χ3n) is 2.67. The number of ether oxygens (including phenoxy) is 2. The van der Waals surface area contributed by atoms with Gasteiger partial charge in [0.05, 0.1) is 6.61 Å². The van der Waals surface area contributed by atoms with Gasteiger partial charge in [-0.25, -0.2) is 0 Å². The first-order valence-electron chi connectivity index (χ1n) is 5.10. The highest BCUT2D eigenvalue weighted by atomic mass is 16.5. The smallest absolute Gasteiger partial charge is 0.324 e. The van der Waals surface area contributed by atoms with E-state index in [1.807, 2.05) is 0 Å². The fraction of sp³-hybridized carbons (Fsp3) is 0.545. The van der Waals surface area contributed by atoms with Gasteiger partial charge in [-0.05, 0) is 6.42 Å². The molecule has 1 aliphatic carbocycles. The maximum absolute atomic E-state index is 11.6. The number of carbonyl (C=O) groups is 3. The van der Waals surface area contributed by atoms with E-state index in [0.717, 1.165) is 0 Å². The predicted octanol–water partition coefficient (Wildman–Crippen LogP) is 0.370. The van der Waals surface area contributed by atoms with Crippen molar-refractivity contribution in [3.63, 3.8) is 0 Å². The van der Waals surface area contributed by atoms with E-state index in [1.54, 1.807) is 0 Å². The highest BCUT2D eigenvalue weighted by Gasteiger charge is 2.68. The van der Waals surface area contributed by atoms with E-state index in [1.165, 1.54) is 13.0 Å². The van der Waals surface area contributed by atoms with Crippen molar-refractivity contribution in [1.29, 1.82) is 0 Å². The molecule has 1 fully saturated rings. The maximum atomic E-state index is 11.6. The zero-order valence-electron chi connectivity index (χ0n) is 9.47. The summed E-state index contributed by atoms with van der Waals surface area (Å²) in [6, 6.07) is 0. The monoisotopic (exact) mass is 242 g/mol. The molecular weight excluding hydrogens is 228 g/mol. The third kappa shape index (κ3) is 2.64. The average molecular weight is 242 g/mol. The van der Waals surface area contributed by atoms with Crippen molar-refractivity contribution >= 4 is 17.9 Å². The second-order valence-corrected chi connectivity index (χ2v) is 3.87. The highest BCUT2D eigenvalue weighted by molar-refractivity contribution is 6.03. The summed E-state index contributed by atoms with van der Waals surface area (Å²) in [6.07, 6.45) is 1.49. The van der Waals surface area contributed by atoms with Crippen LogP contribution in [-0.2, 0) is 23.9 Å². The minimum atomic E-state index is -1.56. The summed E-state index contributed by atoms with van der Waals surface area (Å²) < 4.78 is 9.43. The summed E-state index contributed by atoms with van der Waals surface area (Å²) in [5, 5.41) is 9.04. The fourth-order valence-corrected chi connectivity index (χ4v) is 1.61. The molecule has 0 bridgehead atoms. The summed E-state index contributed by atoms with van der Waals surface area (Å²) in [4.78, 5) is 33.3. The SMILES string of the molecule is C=CCOC(=O)C1(C(=O)O)CC1COC(C)=O. The zero-order chi connectivity index (χ0) is 13.1. The minimum Gasteiger partial charge on any atom is -0.480 e. The maximum Gasteiger partial charge on any atom is 0.324 e. The van der Waals surface area contributed by atoms with Gasteiger partial charge < -0.3 is 14.6 Å². The molecule has 1 N–H and O–H groups in total. The molecule has 1 saturated carbocycles.